The largest absolute Gasteiger partial charge is 0.314 e. The van der Waals surface area contributed by atoms with Crippen LogP contribution in [0.25, 0.3) is 0 Å². The van der Waals surface area contributed by atoms with Gasteiger partial charge in [0.2, 0.25) is 0 Å². The van der Waals surface area contributed by atoms with Gasteiger partial charge in [-0.1, -0.05) is 0 Å². The summed E-state index contributed by atoms with van der Waals surface area (Å²) in [6, 6.07) is 0. The Balaban J connectivity index is 3.79. The summed E-state index contributed by atoms with van der Waals surface area (Å²) in [5, 5.41) is 0. The first kappa shape index (κ1) is 7.25. The Kier molecular flexibility index (Phi) is 2.09. The topological polar surface area (TPSA) is 37.3 Å². The van der Waals surface area contributed by atoms with Crippen LogP contribution in [0.5, 0.6) is 0 Å². The normalized spacial score (nSPS) is 18.9. The van der Waals surface area contributed by atoms with Gasteiger partial charge in [0.25, 0.3) is 10.1 Å². The van der Waals surface area contributed by atoms with Crippen molar-refractivity contribution in [3.8, 4) is 0 Å². The molecule has 0 aliphatic heterocycles. The maximum Gasteiger partial charge on any atom is 0.314 e. The van der Waals surface area contributed by atoms with Gasteiger partial charge >= 0.3 is 10.2 Å². The average Bonchev–Trinajstić information content (AvgIpc) is 1.31. The Hall–Kier alpha value is 0.250. The van der Waals surface area contributed by atoms with Crippen LogP contribution in [-0.4, -0.2) is 8.76 Å². The van der Waals surface area contributed by atoms with E-state index in [1.165, 1.54) is 0 Å². The molecule has 46 valence electrons. The zero-order chi connectivity index (χ0) is 6.08. The van der Waals surface area contributed by atoms with Gasteiger partial charge in [0.15, 0.2) is 0 Å². The predicted octanol–water partition coefficient (Wildman–Crippen LogP) is 1.58. The number of halogens is 3. The summed E-state index contributed by atoms with van der Waals surface area (Å²) in [7, 11) is -9.31. The van der Waals surface area contributed by atoms with Crippen molar-refractivity contribution in [2.45, 2.75) is 0 Å². The van der Waals surface area contributed by atoms with Crippen molar-refractivity contribution < 1.29 is 20.4 Å². The Labute approximate surface area is 41.6 Å². The van der Waals surface area contributed by atoms with Crippen molar-refractivity contribution in [2.75, 3.05) is 0 Å². The third-order valence-corrected chi connectivity index (χ3v) is 1.46. The molecular weight excluding hydrogens is 153 g/mol. The predicted molar refractivity (Wildman–Crippen MR) is 21.7 cm³/mol. The van der Waals surface area contributed by atoms with Crippen LogP contribution < -0.4 is 0 Å². The lowest BCUT2D eigenvalue weighted by atomic mass is 15.9. The molecule has 0 radical (unpaired) electrons. The molecule has 0 heterocycles. The van der Waals surface area contributed by atoms with E-state index < -0.39 is 20.3 Å². The van der Waals surface area contributed by atoms with Gasteiger partial charge in [-0.3, -0.25) is 4.55 Å². The summed E-state index contributed by atoms with van der Waals surface area (Å²) in [5.41, 5.74) is 0. The Morgan fingerprint density at radius 3 is 1.57 bits per heavy atom. The summed E-state index contributed by atoms with van der Waals surface area (Å²) in [6.45, 7) is 0. The van der Waals surface area contributed by atoms with E-state index in [1.807, 2.05) is 0 Å². The molecule has 0 bridgehead atoms. The van der Waals surface area contributed by atoms with Crippen LogP contribution in [0.2, 0.25) is 0 Å². The first-order valence-electron chi connectivity index (χ1n) is 0.979. The van der Waals surface area contributed by atoms with Crippen LogP contribution in [0.3, 0.4) is 0 Å². The molecule has 0 aromatic heterocycles. The minimum atomic E-state index is -5.71. The zero-order valence-corrected chi connectivity index (χ0v) is 4.44. The van der Waals surface area contributed by atoms with Crippen molar-refractivity contribution in [3.63, 3.8) is 0 Å². The maximum absolute atomic E-state index is 10.7. The van der Waals surface area contributed by atoms with Gasteiger partial charge in [-0.2, -0.15) is 0 Å². The van der Waals surface area contributed by atoms with E-state index >= 15 is 0 Å². The van der Waals surface area contributed by atoms with Crippen LogP contribution in [0.1, 0.15) is 0 Å². The molecule has 0 aliphatic rings. The number of hydrogen-bond acceptors (Lipinski definition) is 1. The van der Waals surface area contributed by atoms with Crippen molar-refractivity contribution in [2.24, 2.45) is 0 Å². The SMILES string of the molecule is O=S(O)S(F)(F)F. The van der Waals surface area contributed by atoms with Gasteiger partial charge in [0, 0.05) is 0 Å². The van der Waals surface area contributed by atoms with E-state index in [0.29, 0.717) is 0 Å². The average molecular weight is 154 g/mol. The van der Waals surface area contributed by atoms with Crippen LogP contribution >= 0.6 is 10.2 Å². The summed E-state index contributed by atoms with van der Waals surface area (Å²) >= 11 is 0. The summed E-state index contributed by atoms with van der Waals surface area (Å²) in [6.07, 6.45) is 0. The molecule has 0 fully saturated rings. The lowest BCUT2D eigenvalue weighted by Crippen LogP contribution is -1.84. The molecule has 2 nitrogen and oxygen atoms in total. The van der Waals surface area contributed by atoms with Gasteiger partial charge in [-0.25, -0.2) is 4.21 Å². The highest BCUT2D eigenvalue weighted by atomic mass is 33.2. The van der Waals surface area contributed by atoms with Gasteiger partial charge in [-0.15, -0.1) is 11.7 Å². The molecule has 1 unspecified atom stereocenters. The lowest BCUT2D eigenvalue weighted by molar-refractivity contribution is 0.562. The molecule has 0 spiro atoms. The fourth-order valence-corrected chi connectivity index (χ4v) is 0. The molecule has 0 aliphatic carbocycles. The minimum Gasteiger partial charge on any atom is -0.293 e. The Morgan fingerprint density at radius 1 is 1.43 bits per heavy atom. The summed E-state index contributed by atoms with van der Waals surface area (Å²) in [4.78, 5) is 0. The standard InChI is InChI=1S/F3HO2S2/c1-7(2,3)6(4)5/h(H,4,5). The van der Waals surface area contributed by atoms with Gasteiger partial charge in [0.05, 0.1) is 0 Å². The highest BCUT2D eigenvalue weighted by Gasteiger charge is 2.28. The van der Waals surface area contributed by atoms with E-state index in [1.54, 1.807) is 0 Å². The second-order valence-corrected chi connectivity index (χ2v) is 3.73. The van der Waals surface area contributed by atoms with Crippen molar-refractivity contribution >= 4 is 20.3 Å². The van der Waals surface area contributed by atoms with Crippen molar-refractivity contribution in [1.82, 2.24) is 0 Å². The second-order valence-electron chi connectivity index (χ2n) is 0.581. The minimum absolute atomic E-state index is 3.60. The fourth-order valence-electron chi connectivity index (χ4n) is 0. The maximum atomic E-state index is 10.7. The highest BCUT2D eigenvalue weighted by molar-refractivity contribution is 8.79. The molecule has 1 N–H and O–H groups in total. The second kappa shape index (κ2) is 2.01. The highest BCUT2D eigenvalue weighted by Crippen LogP contribution is 2.55. The third kappa shape index (κ3) is 2.89. The Bertz CT molecular complexity index is 83.4. The van der Waals surface area contributed by atoms with E-state index in [2.05, 4.69) is 0 Å². The molecule has 1 atom stereocenters. The molecule has 7 heavy (non-hydrogen) atoms. The molecule has 0 amide bonds. The van der Waals surface area contributed by atoms with Crippen LogP contribution in [0.4, 0.5) is 11.7 Å². The molecule has 0 aromatic rings. The van der Waals surface area contributed by atoms with Crippen molar-refractivity contribution in [3.05, 3.63) is 0 Å². The van der Waals surface area contributed by atoms with Crippen LogP contribution in [0.15, 0.2) is 0 Å². The number of rotatable bonds is 1. The molecule has 0 saturated carbocycles. The van der Waals surface area contributed by atoms with Crippen LogP contribution in [0, 0.1) is 0 Å². The van der Waals surface area contributed by atoms with Gasteiger partial charge in [0.1, 0.15) is 0 Å². The van der Waals surface area contributed by atoms with Gasteiger partial charge < -0.3 is 0 Å². The quantitative estimate of drug-likeness (QED) is 0.460. The van der Waals surface area contributed by atoms with Crippen molar-refractivity contribution in [1.29, 1.82) is 0 Å². The van der Waals surface area contributed by atoms with E-state index in [-0.39, 0.29) is 0 Å². The molecule has 7 heteroatoms. The monoisotopic (exact) mass is 154 g/mol. The molecule has 0 aromatic carbocycles. The smallest absolute Gasteiger partial charge is 0.293 e. The zero-order valence-electron chi connectivity index (χ0n) is 2.81. The lowest BCUT2D eigenvalue weighted by Gasteiger charge is -1.99. The summed E-state index contributed by atoms with van der Waals surface area (Å²) < 4.78 is 48.5. The third-order valence-electron chi connectivity index (χ3n) is 0.162. The van der Waals surface area contributed by atoms with Gasteiger partial charge in [-0.05, 0) is 0 Å². The molecular formula is HF3O2S2. The van der Waals surface area contributed by atoms with Crippen LogP contribution in [-0.2, 0) is 10.1 Å². The molecule has 0 rings (SSSR count). The Morgan fingerprint density at radius 2 is 1.57 bits per heavy atom. The first-order valence-corrected chi connectivity index (χ1v) is 3.94. The fraction of sp³-hybridized carbons (Fsp3) is 0. The van der Waals surface area contributed by atoms with E-state index in [4.69, 9.17) is 8.76 Å². The molecule has 0 saturated heterocycles. The number of hydrogen-bond donors (Lipinski definition) is 1. The van der Waals surface area contributed by atoms with E-state index in [9.17, 15) is 11.7 Å². The first-order chi connectivity index (χ1) is 2.94. The van der Waals surface area contributed by atoms with E-state index in [0.717, 1.165) is 0 Å². The summed E-state index contributed by atoms with van der Waals surface area (Å²) in [5.74, 6) is 0.